The highest BCUT2D eigenvalue weighted by atomic mass is 16.5. The lowest BCUT2D eigenvalue weighted by atomic mass is 9.62. The smallest absolute Gasteiger partial charge is 0.0735 e. The lowest BCUT2D eigenvalue weighted by molar-refractivity contribution is -0.178. The van der Waals surface area contributed by atoms with E-state index < -0.39 is 0 Å². The third-order valence-corrected chi connectivity index (χ3v) is 5.30. The molecule has 0 aromatic heterocycles. The highest BCUT2D eigenvalue weighted by Gasteiger charge is 2.49. The summed E-state index contributed by atoms with van der Waals surface area (Å²) in [5.41, 5.74) is 0.609. The van der Waals surface area contributed by atoms with E-state index in [4.69, 9.17) is 4.74 Å². The minimum atomic E-state index is 0.187. The fourth-order valence-corrected chi connectivity index (χ4v) is 3.85. The predicted octanol–water partition coefficient (Wildman–Crippen LogP) is 6.11. The van der Waals surface area contributed by atoms with Gasteiger partial charge in [0.1, 0.15) is 0 Å². The molecule has 1 fully saturated rings. The molecule has 1 heteroatoms. The number of ether oxygens (including phenoxy) is 1. The normalized spacial score (nSPS) is 26.5. The Morgan fingerprint density at radius 3 is 1.89 bits per heavy atom. The van der Waals surface area contributed by atoms with Crippen molar-refractivity contribution in [2.75, 3.05) is 6.61 Å². The topological polar surface area (TPSA) is 9.23 Å². The molecule has 0 aliphatic carbocycles. The van der Waals surface area contributed by atoms with E-state index in [0.717, 1.165) is 6.61 Å². The quantitative estimate of drug-likeness (QED) is 0.490. The molecule has 1 aliphatic rings. The Bertz CT molecular complexity index is 228. The second-order valence-electron chi connectivity index (χ2n) is 6.82. The van der Waals surface area contributed by atoms with Gasteiger partial charge in [0.15, 0.2) is 0 Å². The molecular weight excluding hydrogens is 232 g/mol. The molecule has 1 rings (SSSR count). The van der Waals surface area contributed by atoms with Gasteiger partial charge in [-0.1, -0.05) is 66.2 Å². The number of hydrogen-bond donors (Lipinski definition) is 0. The molecule has 0 bridgehead atoms. The molecule has 0 spiro atoms. The average Bonchev–Trinajstić information content (AvgIpc) is 2.43. The van der Waals surface area contributed by atoms with Crippen LogP contribution >= 0.6 is 0 Å². The van der Waals surface area contributed by atoms with E-state index in [9.17, 15) is 0 Å². The van der Waals surface area contributed by atoms with Gasteiger partial charge in [0.25, 0.3) is 0 Å². The first-order valence-corrected chi connectivity index (χ1v) is 8.78. The molecule has 0 aromatic rings. The molecule has 0 saturated carbocycles. The van der Waals surface area contributed by atoms with Crippen molar-refractivity contribution in [2.24, 2.45) is 5.41 Å². The van der Waals surface area contributed by atoms with E-state index in [1.165, 1.54) is 70.6 Å². The molecule has 0 amide bonds. The van der Waals surface area contributed by atoms with Gasteiger partial charge in [-0.25, -0.2) is 0 Å². The minimum Gasteiger partial charge on any atom is -0.374 e. The first-order chi connectivity index (χ1) is 9.14. The van der Waals surface area contributed by atoms with Crippen LogP contribution in [0.1, 0.15) is 98.3 Å². The molecule has 0 aromatic carbocycles. The van der Waals surface area contributed by atoms with E-state index >= 15 is 0 Å². The lowest BCUT2D eigenvalue weighted by Crippen LogP contribution is -2.52. The highest BCUT2D eigenvalue weighted by Crippen LogP contribution is 2.51. The van der Waals surface area contributed by atoms with Gasteiger partial charge in [0.2, 0.25) is 0 Å². The van der Waals surface area contributed by atoms with Crippen LogP contribution in [0, 0.1) is 5.41 Å². The summed E-state index contributed by atoms with van der Waals surface area (Å²) in [6.07, 6.45) is 14.5. The maximum Gasteiger partial charge on any atom is 0.0735 e. The van der Waals surface area contributed by atoms with Crippen molar-refractivity contribution in [1.82, 2.24) is 0 Å². The van der Waals surface area contributed by atoms with E-state index in [0.29, 0.717) is 5.41 Å². The van der Waals surface area contributed by atoms with Crippen molar-refractivity contribution in [3.8, 4) is 0 Å². The van der Waals surface area contributed by atoms with Gasteiger partial charge in [-0.05, 0) is 37.5 Å². The van der Waals surface area contributed by atoms with Gasteiger partial charge in [-0.15, -0.1) is 0 Å². The van der Waals surface area contributed by atoms with Gasteiger partial charge in [0, 0.05) is 6.61 Å². The largest absolute Gasteiger partial charge is 0.374 e. The van der Waals surface area contributed by atoms with Crippen LogP contribution in [0.15, 0.2) is 0 Å². The first-order valence-electron chi connectivity index (χ1n) is 8.78. The summed E-state index contributed by atoms with van der Waals surface area (Å²) in [6, 6.07) is 0. The summed E-state index contributed by atoms with van der Waals surface area (Å²) in [5.74, 6) is 0. The zero-order valence-electron chi connectivity index (χ0n) is 13.9. The third-order valence-electron chi connectivity index (χ3n) is 5.30. The summed E-state index contributed by atoms with van der Waals surface area (Å²) in [7, 11) is 0. The molecule has 0 N–H and O–H groups in total. The Hall–Kier alpha value is -0.0400. The van der Waals surface area contributed by atoms with Gasteiger partial charge in [-0.3, -0.25) is 0 Å². The van der Waals surface area contributed by atoms with Crippen molar-refractivity contribution in [3.05, 3.63) is 0 Å². The minimum absolute atomic E-state index is 0.187. The van der Waals surface area contributed by atoms with E-state index in [1.54, 1.807) is 0 Å². The second kappa shape index (κ2) is 8.29. The van der Waals surface area contributed by atoms with Crippen LogP contribution in [0.4, 0.5) is 0 Å². The fraction of sp³-hybridized carbons (Fsp3) is 1.00. The van der Waals surface area contributed by atoms with Crippen molar-refractivity contribution in [3.63, 3.8) is 0 Å². The maximum absolute atomic E-state index is 6.48. The Kier molecular flexibility index (Phi) is 7.42. The van der Waals surface area contributed by atoms with Gasteiger partial charge >= 0.3 is 0 Å². The predicted molar refractivity (Wildman–Crippen MR) is 84.6 cm³/mol. The summed E-state index contributed by atoms with van der Waals surface area (Å²) < 4.78 is 6.48. The van der Waals surface area contributed by atoms with Crippen LogP contribution < -0.4 is 0 Å². The number of unbranched alkanes of at least 4 members (excludes halogenated alkanes) is 3. The standard InChI is InChI=1S/C18H36O/c1-5-8-12-17(4)13-11-16-19-18(17,14-9-6-2)15-10-7-3/h5-16H2,1-4H3. The van der Waals surface area contributed by atoms with Gasteiger partial charge in [0.05, 0.1) is 5.60 Å². The molecule has 19 heavy (non-hydrogen) atoms. The Labute approximate surface area is 121 Å². The summed E-state index contributed by atoms with van der Waals surface area (Å²) in [5, 5.41) is 0. The zero-order chi connectivity index (χ0) is 14.2. The Morgan fingerprint density at radius 2 is 1.37 bits per heavy atom. The molecule has 1 nitrogen and oxygen atoms in total. The summed E-state index contributed by atoms with van der Waals surface area (Å²) >= 11 is 0. The average molecular weight is 268 g/mol. The van der Waals surface area contributed by atoms with Crippen LogP contribution in [0.5, 0.6) is 0 Å². The van der Waals surface area contributed by atoms with E-state index in [-0.39, 0.29) is 5.60 Å². The van der Waals surface area contributed by atoms with Gasteiger partial charge < -0.3 is 4.74 Å². The maximum atomic E-state index is 6.48. The monoisotopic (exact) mass is 268 g/mol. The van der Waals surface area contributed by atoms with Crippen LogP contribution in [-0.2, 0) is 4.74 Å². The summed E-state index contributed by atoms with van der Waals surface area (Å²) in [6.45, 7) is 10.4. The molecule has 1 aliphatic heterocycles. The first kappa shape index (κ1) is 17.0. The lowest BCUT2D eigenvalue weighted by Gasteiger charge is -2.52. The van der Waals surface area contributed by atoms with E-state index in [2.05, 4.69) is 27.7 Å². The van der Waals surface area contributed by atoms with Crippen molar-refractivity contribution >= 4 is 0 Å². The molecule has 1 unspecified atom stereocenters. The molecule has 1 heterocycles. The van der Waals surface area contributed by atoms with Crippen molar-refractivity contribution in [2.45, 2.75) is 104 Å². The highest BCUT2D eigenvalue weighted by molar-refractivity contribution is 4.99. The van der Waals surface area contributed by atoms with E-state index in [1.807, 2.05) is 0 Å². The van der Waals surface area contributed by atoms with Crippen LogP contribution in [0.25, 0.3) is 0 Å². The third kappa shape index (κ3) is 4.21. The van der Waals surface area contributed by atoms with Crippen LogP contribution in [-0.4, -0.2) is 12.2 Å². The number of rotatable bonds is 9. The zero-order valence-corrected chi connectivity index (χ0v) is 13.9. The van der Waals surface area contributed by atoms with Crippen LogP contribution in [0.2, 0.25) is 0 Å². The van der Waals surface area contributed by atoms with Crippen LogP contribution in [0.3, 0.4) is 0 Å². The van der Waals surface area contributed by atoms with Crippen molar-refractivity contribution in [1.29, 1.82) is 0 Å². The second-order valence-corrected chi connectivity index (χ2v) is 6.82. The Morgan fingerprint density at radius 1 is 0.842 bits per heavy atom. The molecule has 0 radical (unpaired) electrons. The molecular formula is C18H36O. The summed E-state index contributed by atoms with van der Waals surface area (Å²) in [4.78, 5) is 0. The Balaban J connectivity index is 2.84. The fourth-order valence-electron chi connectivity index (χ4n) is 3.85. The molecule has 1 atom stereocenters. The van der Waals surface area contributed by atoms with Gasteiger partial charge in [-0.2, -0.15) is 0 Å². The SMILES string of the molecule is CCCCC1(C)CCCOC1(CCCC)CCCC. The van der Waals surface area contributed by atoms with Crippen molar-refractivity contribution < 1.29 is 4.74 Å². The molecule has 1 saturated heterocycles. The number of hydrogen-bond acceptors (Lipinski definition) is 1. The molecule has 114 valence electrons.